The Bertz CT molecular complexity index is 321. The van der Waals surface area contributed by atoms with Gasteiger partial charge >= 0.3 is 0 Å². The summed E-state index contributed by atoms with van der Waals surface area (Å²) in [5.41, 5.74) is 1.37. The van der Waals surface area contributed by atoms with E-state index in [4.69, 9.17) is 5.41 Å². The van der Waals surface area contributed by atoms with Crippen LogP contribution in [0.25, 0.3) is 0 Å². The van der Waals surface area contributed by atoms with Crippen molar-refractivity contribution in [1.82, 2.24) is 4.90 Å². The van der Waals surface area contributed by atoms with Gasteiger partial charge in [0, 0.05) is 25.6 Å². The van der Waals surface area contributed by atoms with E-state index < -0.39 is 0 Å². The van der Waals surface area contributed by atoms with Gasteiger partial charge < -0.3 is 5.41 Å². The lowest BCUT2D eigenvalue weighted by Crippen LogP contribution is -2.20. The third-order valence-electron chi connectivity index (χ3n) is 3.21. The number of likely N-dealkylation sites (tertiary alicyclic amines) is 1. The monoisotopic (exact) mass is 202 g/mol. The maximum atomic E-state index is 7.35. The third-order valence-corrected chi connectivity index (χ3v) is 3.21. The Morgan fingerprint density at radius 3 is 2.67 bits per heavy atom. The predicted octanol–water partition coefficient (Wildman–Crippen LogP) is 2.40. The summed E-state index contributed by atoms with van der Waals surface area (Å²) in [6.07, 6.45) is 1.61. The Labute approximate surface area is 91.4 Å². The molecule has 80 valence electrons. The molecule has 0 aliphatic carbocycles. The first kappa shape index (κ1) is 10.4. The van der Waals surface area contributed by atoms with Crippen molar-refractivity contribution in [1.29, 1.82) is 5.41 Å². The van der Waals surface area contributed by atoms with Crippen molar-refractivity contribution in [2.24, 2.45) is 11.8 Å². The van der Waals surface area contributed by atoms with Crippen LogP contribution >= 0.6 is 0 Å². The Kier molecular flexibility index (Phi) is 3.17. The Morgan fingerprint density at radius 1 is 1.33 bits per heavy atom. The van der Waals surface area contributed by atoms with Crippen LogP contribution in [0.5, 0.6) is 0 Å². The molecule has 0 saturated carbocycles. The summed E-state index contributed by atoms with van der Waals surface area (Å²) in [6, 6.07) is 10.6. The molecule has 2 atom stereocenters. The SMILES string of the molecule is CC1CN(Cc2ccccc2)CC1C=N. The average Bonchev–Trinajstić information content (AvgIpc) is 2.60. The number of hydrogen-bond acceptors (Lipinski definition) is 2. The van der Waals surface area contributed by atoms with Crippen molar-refractivity contribution >= 4 is 6.21 Å². The van der Waals surface area contributed by atoms with E-state index in [2.05, 4.69) is 42.2 Å². The van der Waals surface area contributed by atoms with Gasteiger partial charge in [-0.05, 0) is 17.7 Å². The van der Waals surface area contributed by atoms with Gasteiger partial charge in [0.15, 0.2) is 0 Å². The van der Waals surface area contributed by atoms with E-state index in [0.29, 0.717) is 11.8 Å². The van der Waals surface area contributed by atoms with Gasteiger partial charge in [0.05, 0.1) is 0 Å². The summed E-state index contributed by atoms with van der Waals surface area (Å²) in [7, 11) is 0. The number of nitrogens with one attached hydrogen (secondary N) is 1. The van der Waals surface area contributed by atoms with Crippen LogP contribution in [0.2, 0.25) is 0 Å². The lowest BCUT2D eigenvalue weighted by Gasteiger charge is -2.14. The van der Waals surface area contributed by atoms with E-state index >= 15 is 0 Å². The quantitative estimate of drug-likeness (QED) is 0.749. The van der Waals surface area contributed by atoms with Crippen molar-refractivity contribution in [2.45, 2.75) is 13.5 Å². The second-order valence-corrected chi connectivity index (χ2v) is 4.49. The standard InChI is InChI=1S/C13H18N2/c1-11-8-15(10-13(11)7-14)9-12-5-3-2-4-6-12/h2-7,11,13-14H,8-10H2,1H3. The van der Waals surface area contributed by atoms with Crippen LogP contribution in [0.3, 0.4) is 0 Å². The van der Waals surface area contributed by atoms with Crippen molar-refractivity contribution in [3.8, 4) is 0 Å². The average molecular weight is 202 g/mol. The zero-order chi connectivity index (χ0) is 10.7. The highest BCUT2D eigenvalue weighted by Gasteiger charge is 2.27. The molecule has 1 aromatic carbocycles. The molecule has 2 rings (SSSR count). The van der Waals surface area contributed by atoms with Gasteiger partial charge in [0.2, 0.25) is 0 Å². The highest BCUT2D eigenvalue weighted by Crippen LogP contribution is 2.22. The maximum absolute atomic E-state index is 7.35. The smallest absolute Gasteiger partial charge is 0.0234 e. The molecule has 0 spiro atoms. The molecule has 1 N–H and O–H groups in total. The first-order chi connectivity index (χ1) is 7.29. The van der Waals surface area contributed by atoms with Crippen LogP contribution in [0.1, 0.15) is 12.5 Å². The van der Waals surface area contributed by atoms with Crippen LogP contribution in [-0.2, 0) is 6.54 Å². The van der Waals surface area contributed by atoms with E-state index in [9.17, 15) is 0 Å². The molecule has 1 aliphatic rings. The van der Waals surface area contributed by atoms with Gasteiger partial charge in [0.25, 0.3) is 0 Å². The lowest BCUT2D eigenvalue weighted by molar-refractivity contribution is 0.319. The molecule has 1 fully saturated rings. The van der Waals surface area contributed by atoms with Crippen LogP contribution in [-0.4, -0.2) is 24.2 Å². The molecule has 15 heavy (non-hydrogen) atoms. The van der Waals surface area contributed by atoms with Gasteiger partial charge in [-0.25, -0.2) is 0 Å². The summed E-state index contributed by atoms with van der Waals surface area (Å²) in [4.78, 5) is 2.44. The van der Waals surface area contributed by atoms with Crippen molar-refractivity contribution in [3.05, 3.63) is 35.9 Å². The van der Waals surface area contributed by atoms with Crippen molar-refractivity contribution < 1.29 is 0 Å². The maximum Gasteiger partial charge on any atom is 0.0234 e. The second-order valence-electron chi connectivity index (χ2n) is 4.49. The summed E-state index contributed by atoms with van der Waals surface area (Å²) >= 11 is 0. The number of nitrogens with zero attached hydrogens (tertiary/aromatic N) is 1. The molecule has 0 amide bonds. The largest absolute Gasteiger partial charge is 0.313 e. The zero-order valence-electron chi connectivity index (χ0n) is 9.19. The predicted molar refractivity (Wildman–Crippen MR) is 63.2 cm³/mol. The first-order valence-corrected chi connectivity index (χ1v) is 5.56. The van der Waals surface area contributed by atoms with E-state index in [1.165, 1.54) is 5.56 Å². The molecule has 2 nitrogen and oxygen atoms in total. The normalized spacial score (nSPS) is 26.7. The Morgan fingerprint density at radius 2 is 2.07 bits per heavy atom. The summed E-state index contributed by atoms with van der Waals surface area (Å²) in [5.74, 6) is 1.08. The molecule has 1 heterocycles. The molecule has 1 saturated heterocycles. The number of benzene rings is 1. The minimum absolute atomic E-state index is 0.453. The fourth-order valence-electron chi connectivity index (χ4n) is 2.28. The molecule has 2 unspecified atom stereocenters. The highest BCUT2D eigenvalue weighted by atomic mass is 15.1. The van der Waals surface area contributed by atoms with E-state index in [-0.39, 0.29) is 0 Å². The van der Waals surface area contributed by atoms with Gasteiger partial charge in [-0.15, -0.1) is 0 Å². The van der Waals surface area contributed by atoms with Crippen LogP contribution in [0.15, 0.2) is 30.3 Å². The topological polar surface area (TPSA) is 27.1 Å². The Hall–Kier alpha value is -1.15. The molecular formula is C13H18N2. The van der Waals surface area contributed by atoms with Gasteiger partial charge in [-0.2, -0.15) is 0 Å². The van der Waals surface area contributed by atoms with Gasteiger partial charge in [0.1, 0.15) is 0 Å². The fraction of sp³-hybridized carbons (Fsp3) is 0.462. The summed E-state index contributed by atoms with van der Waals surface area (Å²) in [6.45, 7) is 5.42. The third kappa shape index (κ3) is 2.45. The minimum atomic E-state index is 0.453. The minimum Gasteiger partial charge on any atom is -0.313 e. The van der Waals surface area contributed by atoms with Crippen molar-refractivity contribution in [2.75, 3.05) is 13.1 Å². The second kappa shape index (κ2) is 4.58. The van der Waals surface area contributed by atoms with Crippen LogP contribution in [0, 0.1) is 17.2 Å². The lowest BCUT2D eigenvalue weighted by atomic mass is 10.0. The molecule has 0 aromatic heterocycles. The summed E-state index contributed by atoms with van der Waals surface area (Å²) in [5, 5.41) is 7.35. The fourth-order valence-corrected chi connectivity index (χ4v) is 2.28. The van der Waals surface area contributed by atoms with Crippen LogP contribution < -0.4 is 0 Å². The van der Waals surface area contributed by atoms with Crippen molar-refractivity contribution in [3.63, 3.8) is 0 Å². The highest BCUT2D eigenvalue weighted by molar-refractivity contribution is 5.58. The molecule has 1 aromatic rings. The Balaban J connectivity index is 1.95. The van der Waals surface area contributed by atoms with E-state index in [0.717, 1.165) is 19.6 Å². The molecular weight excluding hydrogens is 184 g/mol. The molecule has 2 heteroatoms. The number of hydrogen-bond donors (Lipinski definition) is 1. The van der Waals surface area contributed by atoms with E-state index in [1.807, 2.05) is 0 Å². The molecule has 1 aliphatic heterocycles. The van der Waals surface area contributed by atoms with Gasteiger partial charge in [-0.3, -0.25) is 4.90 Å². The molecule has 0 radical (unpaired) electrons. The van der Waals surface area contributed by atoms with E-state index in [1.54, 1.807) is 6.21 Å². The first-order valence-electron chi connectivity index (χ1n) is 5.56. The van der Waals surface area contributed by atoms with Crippen LogP contribution in [0.4, 0.5) is 0 Å². The molecule has 0 bridgehead atoms. The summed E-state index contributed by atoms with van der Waals surface area (Å²) < 4.78 is 0. The van der Waals surface area contributed by atoms with Gasteiger partial charge in [-0.1, -0.05) is 37.3 Å². The number of rotatable bonds is 3. The zero-order valence-corrected chi connectivity index (χ0v) is 9.19.